The van der Waals surface area contributed by atoms with E-state index in [1.807, 2.05) is 6.07 Å². The number of hydrogen-bond donors (Lipinski definition) is 3. The summed E-state index contributed by atoms with van der Waals surface area (Å²) in [6.45, 7) is 1.66. The minimum Gasteiger partial charge on any atom is -0.368 e. The van der Waals surface area contributed by atoms with Gasteiger partial charge in [0.2, 0.25) is 17.7 Å². The second-order valence-electron chi connectivity index (χ2n) is 4.39. The van der Waals surface area contributed by atoms with Crippen LogP contribution in [0.5, 0.6) is 0 Å². The van der Waals surface area contributed by atoms with Crippen LogP contribution in [0.2, 0.25) is 0 Å². The van der Waals surface area contributed by atoms with E-state index in [2.05, 4.69) is 10.6 Å². The lowest BCUT2D eigenvalue weighted by Crippen LogP contribution is -2.53. The lowest BCUT2D eigenvalue weighted by atomic mass is 9.98. The molecule has 3 amide bonds. The number of nitrogens with one attached hydrogen (secondary N) is 2. The van der Waals surface area contributed by atoms with Gasteiger partial charge in [0.1, 0.15) is 12.1 Å². The molecule has 0 aromatic carbocycles. The number of amides is 3. The summed E-state index contributed by atoms with van der Waals surface area (Å²) < 4.78 is 0. The smallest absolute Gasteiger partial charge is 0.243 e. The Morgan fingerprint density at radius 2 is 2.33 bits per heavy atom. The summed E-state index contributed by atoms with van der Waals surface area (Å²) >= 11 is 0. The molecule has 7 heteroatoms. The normalized spacial score (nSPS) is 21.6. The molecule has 4 N–H and O–H groups in total. The number of carbonyl (C=O) groups excluding carboxylic acids is 3. The first kappa shape index (κ1) is 14.0. The van der Waals surface area contributed by atoms with Crippen LogP contribution in [0.1, 0.15) is 26.2 Å². The SMILES string of the molecule is C[C@@H](CC#N)[C@H](NC(=O)[C@@H]1CCC(=O)N1)C(N)=O. The Kier molecular flexibility index (Phi) is 4.66. The van der Waals surface area contributed by atoms with Gasteiger partial charge in [-0.3, -0.25) is 14.4 Å². The molecule has 1 heterocycles. The van der Waals surface area contributed by atoms with E-state index >= 15 is 0 Å². The molecular formula is C11H16N4O3. The third-order valence-electron chi connectivity index (χ3n) is 2.90. The number of hydrogen-bond acceptors (Lipinski definition) is 4. The molecule has 0 saturated carbocycles. The van der Waals surface area contributed by atoms with Crippen molar-refractivity contribution in [3.63, 3.8) is 0 Å². The zero-order chi connectivity index (χ0) is 13.7. The van der Waals surface area contributed by atoms with Gasteiger partial charge in [-0.25, -0.2) is 0 Å². The van der Waals surface area contributed by atoms with Gasteiger partial charge in [0, 0.05) is 12.8 Å². The Morgan fingerprint density at radius 3 is 2.78 bits per heavy atom. The van der Waals surface area contributed by atoms with Crippen LogP contribution >= 0.6 is 0 Å². The quantitative estimate of drug-likeness (QED) is 0.567. The first-order valence-electron chi connectivity index (χ1n) is 5.71. The van der Waals surface area contributed by atoms with Gasteiger partial charge in [-0.15, -0.1) is 0 Å². The molecule has 0 aromatic rings. The van der Waals surface area contributed by atoms with Gasteiger partial charge in [-0.1, -0.05) is 6.92 Å². The highest BCUT2D eigenvalue weighted by Crippen LogP contribution is 2.10. The lowest BCUT2D eigenvalue weighted by Gasteiger charge is -2.22. The topological polar surface area (TPSA) is 125 Å². The van der Waals surface area contributed by atoms with Crippen molar-refractivity contribution in [2.75, 3.05) is 0 Å². The molecule has 1 aliphatic heterocycles. The maximum Gasteiger partial charge on any atom is 0.243 e. The van der Waals surface area contributed by atoms with Crippen LogP contribution in [0, 0.1) is 17.2 Å². The van der Waals surface area contributed by atoms with E-state index < -0.39 is 23.9 Å². The fraction of sp³-hybridized carbons (Fsp3) is 0.636. The van der Waals surface area contributed by atoms with E-state index in [4.69, 9.17) is 11.0 Å². The lowest BCUT2D eigenvalue weighted by molar-refractivity contribution is -0.130. The molecule has 1 aliphatic rings. The average molecular weight is 252 g/mol. The van der Waals surface area contributed by atoms with Crippen molar-refractivity contribution in [3.8, 4) is 6.07 Å². The number of carbonyl (C=O) groups is 3. The van der Waals surface area contributed by atoms with E-state index in [-0.39, 0.29) is 18.2 Å². The summed E-state index contributed by atoms with van der Waals surface area (Å²) in [5.74, 6) is -1.67. The summed E-state index contributed by atoms with van der Waals surface area (Å²) in [5.41, 5.74) is 5.19. The molecule has 0 bridgehead atoms. The minimum atomic E-state index is -0.894. The summed E-state index contributed by atoms with van der Waals surface area (Å²) in [6, 6.07) is 0.413. The van der Waals surface area contributed by atoms with Gasteiger partial charge in [0.05, 0.1) is 6.07 Å². The summed E-state index contributed by atoms with van der Waals surface area (Å²) in [6.07, 6.45) is 0.820. The third-order valence-corrected chi connectivity index (χ3v) is 2.90. The largest absolute Gasteiger partial charge is 0.368 e. The molecule has 1 saturated heterocycles. The molecule has 7 nitrogen and oxygen atoms in total. The van der Waals surface area contributed by atoms with Crippen LogP contribution in [-0.4, -0.2) is 29.8 Å². The summed E-state index contributed by atoms with van der Waals surface area (Å²) in [7, 11) is 0. The maximum absolute atomic E-state index is 11.8. The average Bonchev–Trinajstić information content (AvgIpc) is 2.72. The number of nitrogens with two attached hydrogens (primary N) is 1. The number of nitrogens with zero attached hydrogens (tertiary/aromatic N) is 1. The Morgan fingerprint density at radius 1 is 1.67 bits per heavy atom. The van der Waals surface area contributed by atoms with E-state index in [9.17, 15) is 14.4 Å². The number of rotatable bonds is 5. The minimum absolute atomic E-state index is 0.116. The zero-order valence-electron chi connectivity index (χ0n) is 10.1. The number of nitriles is 1. The van der Waals surface area contributed by atoms with Crippen LogP contribution in [0.4, 0.5) is 0 Å². The molecule has 0 radical (unpaired) electrons. The zero-order valence-corrected chi connectivity index (χ0v) is 10.1. The van der Waals surface area contributed by atoms with Gasteiger partial charge in [-0.2, -0.15) is 5.26 Å². The molecule has 0 unspecified atom stereocenters. The Bertz CT molecular complexity index is 402. The van der Waals surface area contributed by atoms with Crippen molar-refractivity contribution in [1.29, 1.82) is 5.26 Å². The highest BCUT2D eigenvalue weighted by molar-refractivity contribution is 5.93. The molecule has 1 fully saturated rings. The first-order chi connectivity index (χ1) is 8.45. The molecule has 0 aromatic heterocycles. The van der Waals surface area contributed by atoms with E-state index in [1.165, 1.54) is 0 Å². The Labute approximate surface area is 105 Å². The fourth-order valence-electron chi connectivity index (χ4n) is 1.82. The third kappa shape index (κ3) is 3.45. The van der Waals surface area contributed by atoms with Crippen LogP contribution < -0.4 is 16.4 Å². The highest BCUT2D eigenvalue weighted by Gasteiger charge is 2.31. The van der Waals surface area contributed by atoms with Crippen molar-refractivity contribution in [2.24, 2.45) is 11.7 Å². The second-order valence-corrected chi connectivity index (χ2v) is 4.39. The van der Waals surface area contributed by atoms with Crippen LogP contribution in [0.25, 0.3) is 0 Å². The van der Waals surface area contributed by atoms with E-state index in [0.29, 0.717) is 12.8 Å². The first-order valence-corrected chi connectivity index (χ1v) is 5.71. The van der Waals surface area contributed by atoms with Gasteiger partial charge in [-0.05, 0) is 12.3 Å². The molecule has 1 rings (SSSR count). The Balaban J connectivity index is 2.61. The van der Waals surface area contributed by atoms with Gasteiger partial charge >= 0.3 is 0 Å². The fourth-order valence-corrected chi connectivity index (χ4v) is 1.82. The molecule has 98 valence electrons. The van der Waals surface area contributed by atoms with Gasteiger partial charge in [0.25, 0.3) is 0 Å². The van der Waals surface area contributed by atoms with E-state index in [0.717, 1.165) is 0 Å². The molecule has 18 heavy (non-hydrogen) atoms. The van der Waals surface area contributed by atoms with Crippen LogP contribution in [-0.2, 0) is 14.4 Å². The molecular weight excluding hydrogens is 236 g/mol. The van der Waals surface area contributed by atoms with Crippen LogP contribution in [0.15, 0.2) is 0 Å². The molecule has 0 spiro atoms. The Hall–Kier alpha value is -2.10. The van der Waals surface area contributed by atoms with Gasteiger partial charge < -0.3 is 16.4 Å². The monoisotopic (exact) mass is 252 g/mol. The van der Waals surface area contributed by atoms with Crippen LogP contribution in [0.3, 0.4) is 0 Å². The molecule has 0 aliphatic carbocycles. The van der Waals surface area contributed by atoms with Crippen molar-refractivity contribution in [2.45, 2.75) is 38.3 Å². The summed E-state index contributed by atoms with van der Waals surface area (Å²) in [4.78, 5) is 34.0. The summed E-state index contributed by atoms with van der Waals surface area (Å²) in [5, 5.41) is 13.6. The second kappa shape index (κ2) is 6.00. The highest BCUT2D eigenvalue weighted by atomic mass is 16.2. The van der Waals surface area contributed by atoms with Crippen molar-refractivity contribution >= 4 is 17.7 Å². The predicted molar refractivity (Wildman–Crippen MR) is 61.7 cm³/mol. The number of primary amides is 1. The van der Waals surface area contributed by atoms with Crippen molar-refractivity contribution < 1.29 is 14.4 Å². The predicted octanol–water partition coefficient (Wildman–Crippen LogP) is -1.22. The van der Waals surface area contributed by atoms with Crippen molar-refractivity contribution in [3.05, 3.63) is 0 Å². The standard InChI is InChI=1S/C11H16N4O3/c1-6(4-5-12)9(10(13)17)15-11(18)7-2-3-8(16)14-7/h6-7,9H,2-4H2,1H3,(H2,13,17)(H,14,16)(H,15,18)/t6-,7-,9-/m0/s1. The maximum atomic E-state index is 11.8. The van der Waals surface area contributed by atoms with E-state index in [1.54, 1.807) is 6.92 Å². The molecule has 3 atom stereocenters. The van der Waals surface area contributed by atoms with Crippen molar-refractivity contribution in [1.82, 2.24) is 10.6 Å². The van der Waals surface area contributed by atoms with Gasteiger partial charge in [0.15, 0.2) is 0 Å².